The maximum absolute atomic E-state index is 9.77. The molecule has 1 aromatic carbocycles. The lowest BCUT2D eigenvalue weighted by molar-refractivity contribution is 0.136. The van der Waals surface area contributed by atoms with Gasteiger partial charge in [-0.15, -0.1) is 0 Å². The number of hydrogen-bond donors (Lipinski definition) is 2. The Morgan fingerprint density at radius 1 is 1.37 bits per heavy atom. The maximum atomic E-state index is 9.77. The number of hydrogen-bond acceptors (Lipinski definition) is 3. The van der Waals surface area contributed by atoms with Crippen molar-refractivity contribution in [3.05, 3.63) is 28.8 Å². The lowest BCUT2D eigenvalue weighted by Gasteiger charge is -2.38. The Balaban J connectivity index is 1.84. The molecule has 3 nitrogen and oxygen atoms in total. The molecule has 1 aromatic rings. The highest BCUT2D eigenvalue weighted by Gasteiger charge is 2.28. The van der Waals surface area contributed by atoms with Crippen LogP contribution in [-0.2, 0) is 6.54 Å². The summed E-state index contributed by atoms with van der Waals surface area (Å²) in [5.74, 6) is 0.311. The van der Waals surface area contributed by atoms with Gasteiger partial charge >= 0.3 is 0 Å². The summed E-state index contributed by atoms with van der Waals surface area (Å²) in [4.78, 5) is 2.38. The number of rotatable bonds is 4. The van der Waals surface area contributed by atoms with Gasteiger partial charge in [0.25, 0.3) is 0 Å². The van der Waals surface area contributed by atoms with Crippen LogP contribution in [0.1, 0.15) is 25.3 Å². The predicted octanol–water partition coefficient (Wildman–Crippen LogP) is 2.87. The lowest BCUT2D eigenvalue weighted by Crippen LogP contribution is -2.41. The van der Waals surface area contributed by atoms with Gasteiger partial charge in [-0.3, -0.25) is 0 Å². The van der Waals surface area contributed by atoms with Crippen molar-refractivity contribution >= 4 is 11.6 Å². The maximum Gasteiger partial charge on any atom is 0.120 e. The molecule has 4 heteroatoms. The number of piperidine rings is 1. The topological polar surface area (TPSA) is 35.5 Å². The molecule has 0 atom stereocenters. The zero-order chi connectivity index (χ0) is 13.9. The molecule has 1 aliphatic rings. The Labute approximate surface area is 120 Å². The molecule has 19 heavy (non-hydrogen) atoms. The molecule has 1 fully saturated rings. The fraction of sp³-hybridized carbons (Fsp3) is 0.600. The first-order valence-electron chi connectivity index (χ1n) is 6.85. The molecule has 2 rings (SSSR count). The second kappa shape index (κ2) is 6.12. The summed E-state index contributed by atoms with van der Waals surface area (Å²) in [6.45, 7) is 6.32. The Morgan fingerprint density at radius 2 is 2.05 bits per heavy atom. The summed E-state index contributed by atoms with van der Waals surface area (Å²) < 4.78 is 0. The number of nitrogens with zero attached hydrogens (tertiary/aromatic N) is 1. The van der Waals surface area contributed by atoms with E-state index in [0.29, 0.717) is 22.7 Å². The van der Waals surface area contributed by atoms with Gasteiger partial charge < -0.3 is 15.3 Å². The molecule has 1 aliphatic heterocycles. The number of nitrogens with one attached hydrogen (secondary N) is 1. The van der Waals surface area contributed by atoms with Crippen LogP contribution in [0.4, 0.5) is 0 Å². The standard InChI is InChI=1S/C15H23ClN2O/c1-15(5-7-18(2)8-6-15)11-17-10-12-9-13(16)3-4-14(12)19/h3-4,9,17,19H,5-8,10-11H2,1-2H3. The number of phenols is 1. The van der Waals surface area contributed by atoms with E-state index in [9.17, 15) is 5.11 Å². The third-order valence-electron chi connectivity index (χ3n) is 4.10. The highest BCUT2D eigenvalue weighted by molar-refractivity contribution is 6.30. The van der Waals surface area contributed by atoms with Gasteiger partial charge in [0.2, 0.25) is 0 Å². The van der Waals surface area contributed by atoms with Gasteiger partial charge in [-0.2, -0.15) is 0 Å². The molecule has 0 radical (unpaired) electrons. The summed E-state index contributed by atoms with van der Waals surface area (Å²) in [7, 11) is 2.18. The minimum Gasteiger partial charge on any atom is -0.508 e. The number of benzene rings is 1. The first-order valence-corrected chi connectivity index (χ1v) is 7.23. The van der Waals surface area contributed by atoms with E-state index in [4.69, 9.17) is 11.6 Å². The van der Waals surface area contributed by atoms with E-state index < -0.39 is 0 Å². The molecule has 106 valence electrons. The minimum absolute atomic E-state index is 0.311. The van der Waals surface area contributed by atoms with Gasteiger partial charge in [-0.25, -0.2) is 0 Å². The van der Waals surface area contributed by atoms with Crippen molar-refractivity contribution in [1.29, 1.82) is 0 Å². The van der Waals surface area contributed by atoms with Crippen molar-refractivity contribution in [3.8, 4) is 5.75 Å². The first-order chi connectivity index (χ1) is 8.98. The summed E-state index contributed by atoms with van der Waals surface area (Å²) >= 11 is 5.94. The van der Waals surface area contributed by atoms with Crippen molar-refractivity contribution < 1.29 is 5.11 Å². The smallest absolute Gasteiger partial charge is 0.120 e. The van der Waals surface area contributed by atoms with Gasteiger partial charge in [0.15, 0.2) is 0 Å². The van der Waals surface area contributed by atoms with Gasteiger partial charge in [0, 0.05) is 23.7 Å². The SMILES string of the molecule is CN1CCC(C)(CNCc2cc(Cl)ccc2O)CC1. The molecule has 0 bridgehead atoms. The predicted molar refractivity (Wildman–Crippen MR) is 79.7 cm³/mol. The highest BCUT2D eigenvalue weighted by atomic mass is 35.5. The molecular formula is C15H23ClN2O. The van der Waals surface area contributed by atoms with Crippen LogP contribution in [0, 0.1) is 5.41 Å². The first kappa shape index (κ1) is 14.6. The summed E-state index contributed by atoms with van der Waals surface area (Å²) in [6.07, 6.45) is 2.44. The number of phenolic OH excluding ortho intramolecular Hbond substituents is 1. The molecule has 2 N–H and O–H groups in total. The minimum atomic E-state index is 0.311. The van der Waals surface area contributed by atoms with Gasteiger partial charge in [-0.1, -0.05) is 18.5 Å². The zero-order valence-electron chi connectivity index (χ0n) is 11.7. The average molecular weight is 283 g/mol. The van der Waals surface area contributed by atoms with Crippen molar-refractivity contribution in [1.82, 2.24) is 10.2 Å². The van der Waals surface area contributed by atoms with Crippen LogP contribution < -0.4 is 5.32 Å². The Bertz CT molecular complexity index is 428. The molecule has 0 unspecified atom stereocenters. The van der Waals surface area contributed by atoms with Gasteiger partial charge in [-0.05, 0) is 56.6 Å². The van der Waals surface area contributed by atoms with Crippen molar-refractivity contribution in [2.24, 2.45) is 5.41 Å². The normalized spacial score (nSPS) is 19.5. The Hall–Kier alpha value is -0.770. The lowest BCUT2D eigenvalue weighted by atomic mass is 9.80. The second-order valence-corrected chi connectivity index (χ2v) is 6.43. The van der Waals surface area contributed by atoms with Gasteiger partial charge in [0.05, 0.1) is 0 Å². The molecule has 1 saturated heterocycles. The van der Waals surface area contributed by atoms with Crippen molar-refractivity contribution in [2.45, 2.75) is 26.3 Å². The fourth-order valence-electron chi connectivity index (χ4n) is 2.53. The van der Waals surface area contributed by atoms with E-state index in [-0.39, 0.29) is 0 Å². The average Bonchev–Trinajstić information content (AvgIpc) is 2.38. The van der Waals surface area contributed by atoms with E-state index >= 15 is 0 Å². The molecule has 0 aromatic heterocycles. The van der Waals surface area contributed by atoms with Crippen LogP contribution in [0.2, 0.25) is 5.02 Å². The van der Waals surface area contributed by atoms with Crippen molar-refractivity contribution in [3.63, 3.8) is 0 Å². The van der Waals surface area contributed by atoms with E-state index in [2.05, 4.69) is 24.2 Å². The van der Waals surface area contributed by atoms with E-state index in [1.54, 1.807) is 12.1 Å². The zero-order valence-corrected chi connectivity index (χ0v) is 12.5. The molecule has 0 saturated carbocycles. The third kappa shape index (κ3) is 4.10. The summed E-state index contributed by atoms with van der Waals surface area (Å²) in [5.41, 5.74) is 1.23. The van der Waals surface area contributed by atoms with Crippen LogP contribution >= 0.6 is 11.6 Å². The quantitative estimate of drug-likeness (QED) is 0.891. The molecule has 0 aliphatic carbocycles. The van der Waals surface area contributed by atoms with E-state index in [1.165, 1.54) is 25.9 Å². The van der Waals surface area contributed by atoms with Crippen molar-refractivity contribution in [2.75, 3.05) is 26.7 Å². The molecule has 0 spiro atoms. The molecule has 0 amide bonds. The largest absolute Gasteiger partial charge is 0.508 e. The van der Waals surface area contributed by atoms with E-state index in [0.717, 1.165) is 12.1 Å². The Morgan fingerprint density at radius 3 is 2.74 bits per heavy atom. The van der Waals surface area contributed by atoms with Crippen LogP contribution in [-0.4, -0.2) is 36.7 Å². The number of halogens is 1. The summed E-state index contributed by atoms with van der Waals surface area (Å²) in [6, 6.07) is 5.18. The van der Waals surface area contributed by atoms with Crippen LogP contribution in [0.25, 0.3) is 0 Å². The Kier molecular flexibility index (Phi) is 4.71. The summed E-state index contributed by atoms with van der Waals surface area (Å²) in [5, 5.41) is 13.9. The number of likely N-dealkylation sites (tertiary alicyclic amines) is 1. The van der Waals surface area contributed by atoms with Gasteiger partial charge in [0.1, 0.15) is 5.75 Å². The van der Waals surface area contributed by atoms with Crippen LogP contribution in [0.5, 0.6) is 5.75 Å². The monoisotopic (exact) mass is 282 g/mol. The highest BCUT2D eigenvalue weighted by Crippen LogP contribution is 2.29. The molecular weight excluding hydrogens is 260 g/mol. The second-order valence-electron chi connectivity index (χ2n) is 5.99. The third-order valence-corrected chi connectivity index (χ3v) is 4.34. The van der Waals surface area contributed by atoms with E-state index in [1.807, 2.05) is 6.07 Å². The molecule has 1 heterocycles. The van der Waals surface area contributed by atoms with Crippen LogP contribution in [0.3, 0.4) is 0 Å². The van der Waals surface area contributed by atoms with Crippen LogP contribution in [0.15, 0.2) is 18.2 Å². The number of aromatic hydroxyl groups is 1. The fourth-order valence-corrected chi connectivity index (χ4v) is 2.72.